The van der Waals surface area contributed by atoms with Gasteiger partial charge >= 0.3 is 11.9 Å². The molecule has 0 saturated carbocycles. The molecular weight excluding hydrogens is 882 g/mol. The second kappa shape index (κ2) is 20.7. The Hall–Kier alpha value is -5.22. The third kappa shape index (κ3) is 10.7. The molecule has 2 bridgehead atoms. The summed E-state index contributed by atoms with van der Waals surface area (Å²) in [4.78, 5) is 32.4. The molecule has 4 aliphatic heterocycles. The van der Waals surface area contributed by atoms with E-state index in [4.69, 9.17) is 46.9 Å². The second-order valence-electron chi connectivity index (χ2n) is 16.2. The fraction of sp³-hybridized carbons (Fsp3) is 0.354. The second-order valence-corrected chi connectivity index (χ2v) is 19.0. The van der Waals surface area contributed by atoms with Gasteiger partial charge in [-0.2, -0.15) is 4.31 Å². The molecule has 1 aromatic heterocycles. The molecule has 16 heteroatoms. The average molecular weight is 933 g/mol. The predicted molar refractivity (Wildman–Crippen MR) is 238 cm³/mol. The number of aromatic nitrogens is 1. The Balaban J connectivity index is 0.00000612. The Kier molecular flexibility index (Phi) is 15.2. The van der Waals surface area contributed by atoms with Crippen LogP contribution in [0.3, 0.4) is 0 Å². The number of hydrogen-bond donors (Lipinski definition) is 0. The maximum absolute atomic E-state index is 13.8. The first-order chi connectivity index (χ1) is 30.5. The minimum Gasteiger partial charge on any atom is -0.870 e. The average Bonchev–Trinajstić information content (AvgIpc) is 3.28. The number of sulfonamides is 1. The van der Waals surface area contributed by atoms with Crippen LogP contribution in [0.1, 0.15) is 59.1 Å². The van der Waals surface area contributed by atoms with Crippen LogP contribution in [0.2, 0.25) is 10.0 Å². The molecule has 338 valence electrons. The van der Waals surface area contributed by atoms with Crippen LogP contribution in [-0.2, 0) is 42.1 Å². The molecule has 5 aromatic rings. The summed E-state index contributed by atoms with van der Waals surface area (Å²) < 4.78 is 58.2. The zero-order chi connectivity index (χ0) is 44.1. The van der Waals surface area contributed by atoms with Crippen molar-refractivity contribution in [1.29, 1.82) is 0 Å². The van der Waals surface area contributed by atoms with Crippen LogP contribution in [0.15, 0.2) is 114 Å². The quantitative estimate of drug-likeness (QED) is 0.0847. The van der Waals surface area contributed by atoms with Gasteiger partial charge in [0.25, 0.3) is 0 Å². The zero-order valence-electron chi connectivity index (χ0n) is 35.5. The highest BCUT2D eigenvalue weighted by Gasteiger charge is 2.42. The largest absolute Gasteiger partial charge is 0.870 e. The molecule has 0 radical (unpaired) electrons. The van der Waals surface area contributed by atoms with Gasteiger partial charge in [0, 0.05) is 37.5 Å². The Labute approximate surface area is 383 Å². The monoisotopic (exact) mass is 931 g/mol. The molecule has 2 N–H and O–H groups in total. The number of halogens is 2. The van der Waals surface area contributed by atoms with E-state index < -0.39 is 28.0 Å². The molecule has 4 saturated heterocycles. The van der Waals surface area contributed by atoms with Crippen molar-refractivity contribution >= 4 is 45.2 Å². The molecule has 4 aromatic carbocycles. The number of pyridine rings is 1. The van der Waals surface area contributed by atoms with Gasteiger partial charge in [-0.15, -0.1) is 0 Å². The summed E-state index contributed by atoms with van der Waals surface area (Å²) >= 11 is 13.0. The first-order valence-electron chi connectivity index (χ1n) is 21.0. The number of piperidine rings is 3. The predicted octanol–water partition coefficient (Wildman–Crippen LogP) is 7.53. The van der Waals surface area contributed by atoms with E-state index in [9.17, 15) is 18.0 Å². The number of esters is 2. The number of carbonyl (C=O) groups is 2. The molecule has 13 nitrogen and oxygen atoms in total. The van der Waals surface area contributed by atoms with E-state index in [-0.39, 0.29) is 60.9 Å². The molecule has 0 unspecified atom stereocenters. The SMILES string of the molecule is COc1ccc([C@H](Cc2c(Cl)c[nH+]cc2Cl)OC(=O)C2CN(S(=O)(=O)c3cccc(COc4cccc([C@@H](CC(=O)O[C@H]5CN6CCC5CC6)c5ccccc5)c4)c3)C2)cc1OC.[OH-]. The molecule has 0 amide bonds. The van der Waals surface area contributed by atoms with E-state index in [1.54, 1.807) is 48.8 Å². The first-order valence-corrected chi connectivity index (χ1v) is 23.2. The molecule has 4 fully saturated rings. The summed E-state index contributed by atoms with van der Waals surface area (Å²) in [5, 5.41) is 0.743. The number of nitrogens with zero attached hydrogens (tertiary/aromatic N) is 2. The maximum atomic E-state index is 13.8. The van der Waals surface area contributed by atoms with Gasteiger partial charge in [-0.05, 0) is 90.5 Å². The summed E-state index contributed by atoms with van der Waals surface area (Å²) in [7, 11) is -0.912. The van der Waals surface area contributed by atoms with E-state index >= 15 is 0 Å². The van der Waals surface area contributed by atoms with Crippen molar-refractivity contribution in [2.75, 3.05) is 46.9 Å². The topological polar surface area (TPSA) is 165 Å². The Morgan fingerprint density at radius 1 is 0.797 bits per heavy atom. The standard InChI is InChI=1S/C48H49Cl2N3O9S.H2O/c1-58-43-15-14-35(22-45(43)59-2)44(23-40-41(49)25-51-26-42(40)50)62-48(55)36-27-53(28-36)63(56,57)38-13-6-8-31(20-38)30-60-37-12-7-11-34(21-37)39(32-9-4-3-5-10-32)24-47(54)61-46-29-52-18-16-33(46)17-19-52;/h3-15,20-22,25-26,33,36,39,44,46H,16-19,23-24,27-30H2,1-2H3;1H2/t39-,44-,46-;/m0./s1. The molecule has 0 spiro atoms. The number of H-pyrrole nitrogens is 1. The Bertz CT molecular complexity index is 2510. The van der Waals surface area contributed by atoms with Gasteiger partial charge < -0.3 is 29.2 Å². The lowest BCUT2D eigenvalue weighted by Gasteiger charge is -2.44. The van der Waals surface area contributed by atoms with Crippen LogP contribution in [0.5, 0.6) is 17.2 Å². The van der Waals surface area contributed by atoms with Gasteiger partial charge in [0.15, 0.2) is 23.9 Å². The highest BCUT2D eigenvalue weighted by atomic mass is 35.5. The van der Waals surface area contributed by atoms with Crippen LogP contribution < -0.4 is 19.2 Å². The van der Waals surface area contributed by atoms with Gasteiger partial charge in [0.05, 0.1) is 31.5 Å². The van der Waals surface area contributed by atoms with E-state index in [0.29, 0.717) is 49.9 Å². The summed E-state index contributed by atoms with van der Waals surface area (Å²) in [6.45, 7) is 2.95. The molecular formula is C48H51Cl2N3O10S. The van der Waals surface area contributed by atoms with Gasteiger partial charge in [-0.3, -0.25) is 14.5 Å². The molecule has 5 heterocycles. The minimum atomic E-state index is -3.95. The van der Waals surface area contributed by atoms with Crippen molar-refractivity contribution < 1.29 is 52.2 Å². The van der Waals surface area contributed by atoms with Gasteiger partial charge in [-0.25, -0.2) is 13.4 Å². The third-order valence-electron chi connectivity index (χ3n) is 12.3. The summed E-state index contributed by atoms with van der Waals surface area (Å²) in [6, 6.07) is 29.3. The number of nitrogens with one attached hydrogen (secondary N) is 1. The first kappa shape index (κ1) is 46.8. The number of fused-ring (bicyclic) bond motifs is 3. The number of hydrogen-bond acceptors (Lipinski definition) is 11. The Morgan fingerprint density at radius 3 is 2.19 bits per heavy atom. The third-order valence-corrected chi connectivity index (χ3v) is 14.8. The molecule has 64 heavy (non-hydrogen) atoms. The fourth-order valence-corrected chi connectivity index (χ4v) is 10.8. The van der Waals surface area contributed by atoms with Crippen molar-refractivity contribution in [2.24, 2.45) is 11.8 Å². The summed E-state index contributed by atoms with van der Waals surface area (Å²) in [5.41, 5.74) is 3.75. The molecule has 4 aliphatic rings. The lowest BCUT2D eigenvalue weighted by atomic mass is 9.85. The lowest BCUT2D eigenvalue weighted by Crippen LogP contribution is -2.53. The normalized spacial score (nSPS) is 19.3. The number of benzene rings is 4. The van der Waals surface area contributed by atoms with Gasteiger partial charge in [0.1, 0.15) is 34.6 Å². The van der Waals surface area contributed by atoms with Crippen LogP contribution in [-0.4, -0.2) is 88.1 Å². The number of methoxy groups -OCH3 is 2. The van der Waals surface area contributed by atoms with Gasteiger partial charge in [-0.1, -0.05) is 83.9 Å². The highest BCUT2D eigenvalue weighted by molar-refractivity contribution is 7.89. The summed E-state index contributed by atoms with van der Waals surface area (Å²) in [5.74, 6) is 0.245. The van der Waals surface area contributed by atoms with Crippen molar-refractivity contribution in [3.05, 3.63) is 147 Å². The summed E-state index contributed by atoms with van der Waals surface area (Å²) in [6.07, 6.45) is 4.77. The van der Waals surface area contributed by atoms with Crippen molar-refractivity contribution in [3.63, 3.8) is 0 Å². The fourth-order valence-electron chi connectivity index (χ4n) is 8.63. The van der Waals surface area contributed by atoms with Crippen LogP contribution >= 0.6 is 23.2 Å². The smallest absolute Gasteiger partial charge is 0.312 e. The van der Waals surface area contributed by atoms with E-state index in [0.717, 1.165) is 43.6 Å². The van der Waals surface area contributed by atoms with E-state index in [1.807, 2.05) is 54.6 Å². The molecule has 3 atom stereocenters. The number of carbonyl (C=O) groups excluding carboxylic acids is 2. The number of ether oxygens (including phenoxy) is 5. The van der Waals surface area contributed by atoms with Crippen LogP contribution in [0.25, 0.3) is 0 Å². The van der Waals surface area contributed by atoms with Crippen LogP contribution in [0.4, 0.5) is 0 Å². The van der Waals surface area contributed by atoms with Crippen molar-refractivity contribution in [1.82, 2.24) is 9.21 Å². The Morgan fingerprint density at radius 2 is 1.50 bits per heavy atom. The van der Waals surface area contributed by atoms with E-state index in [1.165, 1.54) is 24.6 Å². The van der Waals surface area contributed by atoms with E-state index in [2.05, 4.69) is 9.88 Å². The number of aromatic amines is 1. The molecule has 9 rings (SSSR count). The lowest BCUT2D eigenvalue weighted by molar-refractivity contribution is -0.377. The maximum Gasteiger partial charge on any atom is 0.312 e. The molecule has 0 aliphatic carbocycles. The highest BCUT2D eigenvalue weighted by Crippen LogP contribution is 2.38. The zero-order valence-corrected chi connectivity index (χ0v) is 37.9. The van der Waals surface area contributed by atoms with Gasteiger partial charge in [0.2, 0.25) is 10.0 Å². The minimum absolute atomic E-state index is 0. The van der Waals surface area contributed by atoms with Crippen molar-refractivity contribution in [3.8, 4) is 17.2 Å². The van der Waals surface area contributed by atoms with Crippen molar-refractivity contribution in [2.45, 2.75) is 55.3 Å². The number of rotatable bonds is 17. The van der Waals surface area contributed by atoms with Crippen LogP contribution in [0, 0.1) is 11.8 Å².